The number of anilines is 3. The maximum absolute atomic E-state index is 4.49. The van der Waals surface area contributed by atoms with Crippen LogP contribution in [0.3, 0.4) is 0 Å². The second kappa shape index (κ2) is 6.89. The molecule has 0 spiro atoms. The SMILES string of the molecule is CCCc1c(NCC)ncnc1N(C)c1ccccc1. The molecule has 0 saturated heterocycles. The summed E-state index contributed by atoms with van der Waals surface area (Å²) in [6.45, 7) is 5.12. The molecule has 1 N–H and O–H groups in total. The second-order valence-corrected chi connectivity index (χ2v) is 4.70. The minimum Gasteiger partial charge on any atom is -0.370 e. The van der Waals surface area contributed by atoms with Crippen molar-refractivity contribution in [2.24, 2.45) is 0 Å². The van der Waals surface area contributed by atoms with Crippen molar-refractivity contribution >= 4 is 17.3 Å². The van der Waals surface area contributed by atoms with Gasteiger partial charge in [0, 0.05) is 24.8 Å². The van der Waals surface area contributed by atoms with E-state index in [2.05, 4.69) is 46.2 Å². The number of nitrogens with zero attached hydrogens (tertiary/aromatic N) is 3. The molecule has 4 nitrogen and oxygen atoms in total. The Morgan fingerprint density at radius 2 is 1.85 bits per heavy atom. The normalized spacial score (nSPS) is 10.3. The molecule has 20 heavy (non-hydrogen) atoms. The standard InChI is InChI=1S/C16H22N4/c1-4-9-14-15(17-5-2)18-12-19-16(14)20(3)13-10-7-6-8-11-13/h6-8,10-12H,4-5,9H2,1-3H3,(H,17,18,19). The van der Waals surface area contributed by atoms with Gasteiger partial charge < -0.3 is 10.2 Å². The van der Waals surface area contributed by atoms with Crippen molar-refractivity contribution in [3.8, 4) is 0 Å². The summed E-state index contributed by atoms with van der Waals surface area (Å²) in [5.74, 6) is 1.92. The van der Waals surface area contributed by atoms with E-state index in [9.17, 15) is 0 Å². The fraction of sp³-hybridized carbons (Fsp3) is 0.375. The average molecular weight is 270 g/mol. The molecule has 0 radical (unpaired) electrons. The molecule has 1 aromatic carbocycles. The lowest BCUT2D eigenvalue weighted by atomic mass is 10.1. The van der Waals surface area contributed by atoms with Crippen molar-refractivity contribution in [2.75, 3.05) is 23.8 Å². The molecule has 0 aliphatic carbocycles. The molecule has 0 saturated carbocycles. The first kappa shape index (κ1) is 14.3. The van der Waals surface area contributed by atoms with E-state index in [1.165, 1.54) is 5.56 Å². The smallest absolute Gasteiger partial charge is 0.141 e. The number of para-hydroxylation sites is 1. The van der Waals surface area contributed by atoms with Crippen LogP contribution in [0.5, 0.6) is 0 Å². The van der Waals surface area contributed by atoms with Crippen LogP contribution in [0.4, 0.5) is 17.3 Å². The summed E-state index contributed by atoms with van der Waals surface area (Å²) in [7, 11) is 2.05. The van der Waals surface area contributed by atoms with Crippen LogP contribution in [-0.2, 0) is 6.42 Å². The third-order valence-corrected chi connectivity index (χ3v) is 3.23. The quantitative estimate of drug-likeness (QED) is 0.870. The van der Waals surface area contributed by atoms with E-state index >= 15 is 0 Å². The zero-order chi connectivity index (χ0) is 14.4. The molecule has 1 heterocycles. The van der Waals surface area contributed by atoms with Gasteiger partial charge in [0.1, 0.15) is 18.0 Å². The largest absolute Gasteiger partial charge is 0.370 e. The summed E-state index contributed by atoms with van der Waals surface area (Å²) in [5.41, 5.74) is 2.31. The lowest BCUT2D eigenvalue weighted by Crippen LogP contribution is -2.16. The van der Waals surface area contributed by atoms with Crippen molar-refractivity contribution in [1.82, 2.24) is 9.97 Å². The number of hydrogen-bond donors (Lipinski definition) is 1. The van der Waals surface area contributed by atoms with E-state index in [4.69, 9.17) is 0 Å². The van der Waals surface area contributed by atoms with Crippen molar-refractivity contribution < 1.29 is 0 Å². The molecular formula is C16H22N4. The second-order valence-electron chi connectivity index (χ2n) is 4.70. The van der Waals surface area contributed by atoms with Gasteiger partial charge in [-0.1, -0.05) is 31.5 Å². The van der Waals surface area contributed by atoms with Crippen LogP contribution in [0.25, 0.3) is 0 Å². The Kier molecular flexibility index (Phi) is 4.93. The van der Waals surface area contributed by atoms with Crippen molar-refractivity contribution in [2.45, 2.75) is 26.7 Å². The number of aromatic nitrogens is 2. The predicted molar refractivity (Wildman–Crippen MR) is 84.7 cm³/mol. The van der Waals surface area contributed by atoms with E-state index in [0.717, 1.165) is 36.7 Å². The van der Waals surface area contributed by atoms with Crippen molar-refractivity contribution in [3.05, 3.63) is 42.2 Å². The summed E-state index contributed by atoms with van der Waals surface area (Å²) < 4.78 is 0. The first-order valence-electron chi connectivity index (χ1n) is 7.14. The van der Waals surface area contributed by atoms with E-state index in [0.29, 0.717) is 0 Å². The van der Waals surface area contributed by atoms with Gasteiger partial charge in [-0.2, -0.15) is 0 Å². The van der Waals surface area contributed by atoms with Gasteiger partial charge in [0.05, 0.1) is 0 Å². The van der Waals surface area contributed by atoms with Crippen LogP contribution in [0, 0.1) is 0 Å². The van der Waals surface area contributed by atoms with Crippen molar-refractivity contribution in [1.29, 1.82) is 0 Å². The van der Waals surface area contributed by atoms with Crippen LogP contribution >= 0.6 is 0 Å². The van der Waals surface area contributed by atoms with Gasteiger partial charge in [-0.05, 0) is 25.5 Å². The van der Waals surface area contributed by atoms with E-state index in [1.807, 2.05) is 25.2 Å². The number of nitrogens with one attached hydrogen (secondary N) is 1. The molecular weight excluding hydrogens is 248 g/mol. The molecule has 0 atom stereocenters. The number of hydrogen-bond acceptors (Lipinski definition) is 4. The van der Waals surface area contributed by atoms with Gasteiger partial charge in [-0.25, -0.2) is 9.97 Å². The van der Waals surface area contributed by atoms with Crippen LogP contribution in [0.2, 0.25) is 0 Å². The molecule has 0 unspecified atom stereocenters. The summed E-state index contributed by atoms with van der Waals surface area (Å²) in [5, 5.41) is 3.33. The van der Waals surface area contributed by atoms with Crippen LogP contribution in [0.1, 0.15) is 25.8 Å². The van der Waals surface area contributed by atoms with E-state index in [-0.39, 0.29) is 0 Å². The third-order valence-electron chi connectivity index (χ3n) is 3.23. The predicted octanol–water partition coefficient (Wildman–Crippen LogP) is 3.63. The minimum absolute atomic E-state index is 0.863. The van der Waals surface area contributed by atoms with Crippen LogP contribution in [0.15, 0.2) is 36.7 Å². The highest BCUT2D eigenvalue weighted by Gasteiger charge is 2.14. The Hall–Kier alpha value is -2.10. The summed E-state index contributed by atoms with van der Waals surface area (Å²) in [6, 6.07) is 10.3. The Morgan fingerprint density at radius 1 is 1.10 bits per heavy atom. The van der Waals surface area contributed by atoms with Crippen LogP contribution in [-0.4, -0.2) is 23.6 Å². The van der Waals surface area contributed by atoms with E-state index < -0.39 is 0 Å². The fourth-order valence-electron chi connectivity index (χ4n) is 2.27. The first-order valence-corrected chi connectivity index (χ1v) is 7.14. The molecule has 0 aliphatic heterocycles. The number of benzene rings is 1. The van der Waals surface area contributed by atoms with Crippen LogP contribution < -0.4 is 10.2 Å². The third kappa shape index (κ3) is 3.07. The first-order chi connectivity index (χ1) is 9.77. The van der Waals surface area contributed by atoms with Gasteiger partial charge in [0.15, 0.2) is 0 Å². The highest BCUT2D eigenvalue weighted by molar-refractivity contribution is 5.66. The zero-order valence-electron chi connectivity index (χ0n) is 12.4. The van der Waals surface area contributed by atoms with E-state index in [1.54, 1.807) is 6.33 Å². The lowest BCUT2D eigenvalue weighted by Gasteiger charge is -2.22. The Morgan fingerprint density at radius 3 is 2.50 bits per heavy atom. The molecule has 0 amide bonds. The highest BCUT2D eigenvalue weighted by Crippen LogP contribution is 2.29. The average Bonchev–Trinajstić information content (AvgIpc) is 2.49. The molecule has 2 rings (SSSR count). The molecule has 106 valence electrons. The Labute approximate surface area is 120 Å². The topological polar surface area (TPSA) is 41.1 Å². The fourth-order valence-corrected chi connectivity index (χ4v) is 2.27. The van der Waals surface area contributed by atoms with Crippen molar-refractivity contribution in [3.63, 3.8) is 0 Å². The number of rotatable bonds is 6. The zero-order valence-corrected chi connectivity index (χ0v) is 12.4. The lowest BCUT2D eigenvalue weighted by molar-refractivity contribution is 0.890. The monoisotopic (exact) mass is 270 g/mol. The van der Waals surface area contributed by atoms with Gasteiger partial charge in [-0.15, -0.1) is 0 Å². The van der Waals surface area contributed by atoms with Gasteiger partial charge in [0.25, 0.3) is 0 Å². The Balaban J connectivity index is 2.42. The molecule has 4 heteroatoms. The highest BCUT2D eigenvalue weighted by atomic mass is 15.2. The molecule has 2 aromatic rings. The van der Waals surface area contributed by atoms with Gasteiger partial charge in [-0.3, -0.25) is 0 Å². The maximum Gasteiger partial charge on any atom is 0.141 e. The van der Waals surface area contributed by atoms with Gasteiger partial charge >= 0.3 is 0 Å². The summed E-state index contributed by atoms with van der Waals surface area (Å²) in [6.07, 6.45) is 3.67. The summed E-state index contributed by atoms with van der Waals surface area (Å²) in [4.78, 5) is 11.0. The maximum atomic E-state index is 4.49. The van der Waals surface area contributed by atoms with Gasteiger partial charge in [0.2, 0.25) is 0 Å². The Bertz CT molecular complexity index is 539. The molecule has 0 bridgehead atoms. The molecule has 1 aromatic heterocycles. The molecule has 0 aliphatic rings. The molecule has 0 fully saturated rings. The minimum atomic E-state index is 0.863. The summed E-state index contributed by atoms with van der Waals surface area (Å²) >= 11 is 0.